The molecule has 1 aromatic heterocycles. The van der Waals surface area contributed by atoms with Crippen LogP contribution in [0.4, 0.5) is 10.5 Å². The van der Waals surface area contributed by atoms with E-state index in [4.69, 9.17) is 16.3 Å². The summed E-state index contributed by atoms with van der Waals surface area (Å²) in [6.07, 6.45) is 3.42. The Morgan fingerprint density at radius 1 is 0.943 bits per heavy atom. The van der Waals surface area contributed by atoms with Gasteiger partial charge in [-0.2, -0.15) is 0 Å². The lowest BCUT2D eigenvalue weighted by Crippen LogP contribution is -2.54. The van der Waals surface area contributed by atoms with Crippen molar-refractivity contribution in [3.8, 4) is 5.75 Å². The van der Waals surface area contributed by atoms with Gasteiger partial charge in [0.15, 0.2) is 0 Å². The Hall–Kier alpha value is -4.36. The van der Waals surface area contributed by atoms with Gasteiger partial charge in [-0.15, -0.1) is 0 Å². The number of carbonyl (C=O) groups is 3. The molecule has 35 heavy (non-hydrogen) atoms. The van der Waals surface area contributed by atoms with Crippen molar-refractivity contribution in [1.29, 1.82) is 0 Å². The normalized spacial score (nSPS) is 15.1. The van der Waals surface area contributed by atoms with E-state index in [1.54, 1.807) is 24.3 Å². The largest absolute Gasteiger partial charge is 0.497 e. The Morgan fingerprint density at radius 3 is 2.37 bits per heavy atom. The molecular weight excluding hydrogens is 466 g/mol. The lowest BCUT2D eigenvalue weighted by molar-refractivity contribution is -0.122. The van der Waals surface area contributed by atoms with Crippen molar-refractivity contribution in [2.75, 3.05) is 12.0 Å². The van der Waals surface area contributed by atoms with Crippen molar-refractivity contribution in [2.45, 2.75) is 6.54 Å². The quantitative estimate of drug-likeness (QED) is 0.318. The Bertz CT molecular complexity index is 1490. The Kier molecular flexibility index (Phi) is 5.84. The number of benzene rings is 3. The fourth-order valence-corrected chi connectivity index (χ4v) is 4.21. The third-order valence-electron chi connectivity index (χ3n) is 5.82. The maximum absolute atomic E-state index is 13.3. The van der Waals surface area contributed by atoms with Crippen LogP contribution in [-0.4, -0.2) is 29.5 Å². The molecule has 0 atom stereocenters. The standard InChI is InChI=1S/C27H20ClN3O4/c1-35-21-12-10-20(11-13-21)31-26(33)23(25(32)29-27(31)34)14-18-16-30(24-5-3-2-4-22(18)24)15-17-6-8-19(28)9-7-17/h2-14,16H,15H2,1H3,(H,29,32,34). The summed E-state index contributed by atoms with van der Waals surface area (Å²) >= 11 is 6.01. The molecule has 1 aliphatic rings. The number of amides is 4. The van der Waals surface area contributed by atoms with Crippen LogP contribution in [0.1, 0.15) is 11.1 Å². The molecule has 7 nitrogen and oxygen atoms in total. The third kappa shape index (κ3) is 4.29. The fourth-order valence-electron chi connectivity index (χ4n) is 4.09. The first-order valence-corrected chi connectivity index (χ1v) is 11.2. The van der Waals surface area contributed by atoms with Gasteiger partial charge in [-0.3, -0.25) is 14.9 Å². The molecule has 0 bridgehead atoms. The summed E-state index contributed by atoms with van der Waals surface area (Å²) < 4.78 is 7.18. The highest BCUT2D eigenvalue weighted by molar-refractivity contribution is 6.39. The summed E-state index contributed by atoms with van der Waals surface area (Å²) in [4.78, 5) is 39.4. The number of rotatable bonds is 5. The molecule has 1 saturated heterocycles. The smallest absolute Gasteiger partial charge is 0.335 e. The van der Waals surface area contributed by atoms with Crippen LogP contribution in [0, 0.1) is 0 Å². The molecule has 4 aromatic rings. The van der Waals surface area contributed by atoms with Gasteiger partial charge in [0.1, 0.15) is 11.3 Å². The van der Waals surface area contributed by atoms with E-state index >= 15 is 0 Å². The number of carbonyl (C=O) groups excluding carboxylic acids is 3. The van der Waals surface area contributed by atoms with Crippen LogP contribution in [0.3, 0.4) is 0 Å². The van der Waals surface area contributed by atoms with Gasteiger partial charge < -0.3 is 9.30 Å². The van der Waals surface area contributed by atoms with Gasteiger partial charge in [-0.05, 0) is 54.1 Å². The minimum atomic E-state index is -0.799. The molecule has 0 unspecified atom stereocenters. The predicted molar refractivity (Wildman–Crippen MR) is 134 cm³/mol. The van der Waals surface area contributed by atoms with Crippen LogP contribution in [-0.2, 0) is 16.1 Å². The minimum Gasteiger partial charge on any atom is -0.497 e. The van der Waals surface area contributed by atoms with E-state index in [0.29, 0.717) is 28.6 Å². The number of nitrogens with one attached hydrogen (secondary N) is 1. The van der Waals surface area contributed by atoms with Crippen LogP contribution < -0.4 is 15.0 Å². The highest BCUT2D eigenvalue weighted by Gasteiger charge is 2.37. The molecule has 4 amide bonds. The Balaban J connectivity index is 1.54. The molecular formula is C27H20ClN3O4. The van der Waals surface area contributed by atoms with E-state index in [1.165, 1.54) is 13.2 Å². The molecule has 3 aromatic carbocycles. The average Bonchev–Trinajstić information content (AvgIpc) is 3.20. The van der Waals surface area contributed by atoms with Crippen LogP contribution in [0.2, 0.25) is 5.02 Å². The number of hydrogen-bond donors (Lipinski definition) is 1. The molecule has 0 spiro atoms. The third-order valence-corrected chi connectivity index (χ3v) is 6.07. The lowest BCUT2D eigenvalue weighted by Gasteiger charge is -2.26. The number of urea groups is 1. The number of nitrogens with zero attached hydrogens (tertiary/aromatic N) is 2. The van der Waals surface area contributed by atoms with Crippen molar-refractivity contribution in [1.82, 2.24) is 9.88 Å². The molecule has 2 heterocycles. The molecule has 1 aliphatic heterocycles. The number of para-hydroxylation sites is 1. The molecule has 1 N–H and O–H groups in total. The van der Waals surface area contributed by atoms with E-state index in [0.717, 1.165) is 21.4 Å². The van der Waals surface area contributed by atoms with Crippen molar-refractivity contribution in [3.05, 3.63) is 101 Å². The van der Waals surface area contributed by atoms with E-state index in [1.807, 2.05) is 59.3 Å². The van der Waals surface area contributed by atoms with Crippen LogP contribution >= 0.6 is 11.6 Å². The van der Waals surface area contributed by atoms with Gasteiger partial charge in [0.05, 0.1) is 12.8 Å². The first-order chi connectivity index (χ1) is 16.9. The number of ether oxygens (including phenoxy) is 1. The number of fused-ring (bicyclic) bond motifs is 1. The van der Waals surface area contributed by atoms with Gasteiger partial charge in [0.25, 0.3) is 11.8 Å². The average molecular weight is 486 g/mol. The molecule has 174 valence electrons. The van der Waals surface area contributed by atoms with Gasteiger partial charge in [-0.25, -0.2) is 9.69 Å². The first-order valence-electron chi connectivity index (χ1n) is 10.8. The number of methoxy groups -OCH3 is 1. The molecule has 1 fully saturated rings. The van der Waals surface area contributed by atoms with Gasteiger partial charge in [-0.1, -0.05) is 41.9 Å². The predicted octanol–water partition coefficient (Wildman–Crippen LogP) is 5.02. The lowest BCUT2D eigenvalue weighted by atomic mass is 10.1. The number of imide groups is 2. The number of halogens is 1. The fraction of sp³-hybridized carbons (Fsp3) is 0.0741. The van der Waals surface area contributed by atoms with Gasteiger partial charge >= 0.3 is 6.03 Å². The van der Waals surface area contributed by atoms with Crippen molar-refractivity contribution < 1.29 is 19.1 Å². The second-order valence-electron chi connectivity index (χ2n) is 8.01. The second-order valence-corrected chi connectivity index (χ2v) is 8.45. The number of hydrogen-bond acceptors (Lipinski definition) is 4. The van der Waals surface area contributed by atoms with Crippen LogP contribution in [0.15, 0.2) is 84.6 Å². The second kappa shape index (κ2) is 9.12. The summed E-state index contributed by atoms with van der Waals surface area (Å²) in [7, 11) is 1.52. The Labute approximate surface area is 206 Å². The van der Waals surface area contributed by atoms with Gasteiger partial charge in [0.2, 0.25) is 0 Å². The maximum atomic E-state index is 13.3. The van der Waals surface area contributed by atoms with Crippen molar-refractivity contribution in [3.63, 3.8) is 0 Å². The van der Waals surface area contributed by atoms with E-state index < -0.39 is 17.8 Å². The Morgan fingerprint density at radius 2 is 1.66 bits per heavy atom. The summed E-state index contributed by atoms with van der Waals surface area (Å²) in [6, 6.07) is 20.9. The summed E-state index contributed by atoms with van der Waals surface area (Å²) in [5.74, 6) is -0.850. The minimum absolute atomic E-state index is 0.130. The molecule has 0 saturated carbocycles. The van der Waals surface area contributed by atoms with Crippen molar-refractivity contribution in [2.24, 2.45) is 0 Å². The van der Waals surface area contributed by atoms with E-state index in [-0.39, 0.29) is 5.57 Å². The monoisotopic (exact) mass is 485 g/mol. The SMILES string of the molecule is COc1ccc(N2C(=O)NC(=O)C(=Cc3cn(Cc4ccc(Cl)cc4)c4ccccc34)C2=O)cc1. The molecule has 5 rings (SSSR count). The summed E-state index contributed by atoms with van der Waals surface area (Å²) in [5, 5.41) is 3.80. The molecule has 8 heteroatoms. The maximum Gasteiger partial charge on any atom is 0.335 e. The summed E-state index contributed by atoms with van der Waals surface area (Å²) in [6.45, 7) is 0.581. The van der Waals surface area contributed by atoms with Crippen LogP contribution in [0.5, 0.6) is 5.75 Å². The molecule has 0 radical (unpaired) electrons. The highest BCUT2D eigenvalue weighted by Crippen LogP contribution is 2.28. The van der Waals surface area contributed by atoms with Crippen LogP contribution in [0.25, 0.3) is 17.0 Å². The van der Waals surface area contributed by atoms with Gasteiger partial charge in [0, 0.05) is 34.2 Å². The number of anilines is 1. The highest BCUT2D eigenvalue weighted by atomic mass is 35.5. The zero-order valence-electron chi connectivity index (χ0n) is 18.7. The zero-order valence-corrected chi connectivity index (χ0v) is 19.5. The number of barbiturate groups is 1. The topological polar surface area (TPSA) is 80.6 Å². The summed E-state index contributed by atoms with van der Waals surface area (Å²) in [5.41, 5.74) is 2.89. The zero-order chi connectivity index (χ0) is 24.5. The molecule has 0 aliphatic carbocycles. The van der Waals surface area contributed by atoms with Crippen molar-refractivity contribution >= 4 is 52.1 Å². The first kappa shape index (κ1) is 22.4. The van der Waals surface area contributed by atoms with E-state index in [9.17, 15) is 14.4 Å². The number of aromatic nitrogens is 1. The van der Waals surface area contributed by atoms with E-state index in [2.05, 4.69) is 5.32 Å².